The summed E-state index contributed by atoms with van der Waals surface area (Å²) in [6.45, 7) is 3.44. The molecule has 0 aliphatic carbocycles. The van der Waals surface area contributed by atoms with Crippen molar-refractivity contribution in [2.24, 2.45) is 13.0 Å². The molecule has 2 rings (SSSR count). The van der Waals surface area contributed by atoms with Gasteiger partial charge in [0.15, 0.2) is 5.69 Å². The standard InChI is InChI=1S/C12H18ClN3O2/c1-8-4-5-16(7-9(8)13)12(17)10-6-11(18-3)15(2)14-10/h6,8-9H,4-5,7H2,1-3H3. The Morgan fingerprint density at radius 2 is 2.33 bits per heavy atom. The highest BCUT2D eigenvalue weighted by Gasteiger charge is 2.29. The number of ether oxygens (including phenoxy) is 1. The van der Waals surface area contributed by atoms with Gasteiger partial charge in [0, 0.05) is 26.2 Å². The molecule has 1 aromatic rings. The number of halogens is 1. The molecule has 1 aliphatic rings. The molecule has 0 N–H and O–H groups in total. The van der Waals surface area contributed by atoms with Crippen molar-refractivity contribution >= 4 is 17.5 Å². The molecule has 5 nitrogen and oxygen atoms in total. The number of likely N-dealkylation sites (tertiary alicyclic amines) is 1. The Labute approximate surface area is 112 Å². The number of nitrogens with zero attached hydrogens (tertiary/aromatic N) is 3. The third kappa shape index (κ3) is 2.46. The van der Waals surface area contributed by atoms with Crippen LogP contribution in [0.1, 0.15) is 23.8 Å². The Hall–Kier alpha value is -1.23. The van der Waals surface area contributed by atoms with Gasteiger partial charge in [0.2, 0.25) is 5.88 Å². The Balaban J connectivity index is 2.11. The first-order chi connectivity index (χ1) is 8.52. The van der Waals surface area contributed by atoms with E-state index in [1.54, 1.807) is 29.8 Å². The molecule has 1 saturated heterocycles. The number of methoxy groups -OCH3 is 1. The van der Waals surface area contributed by atoms with Gasteiger partial charge in [-0.15, -0.1) is 11.6 Å². The van der Waals surface area contributed by atoms with Gasteiger partial charge in [-0.3, -0.25) is 4.79 Å². The molecule has 18 heavy (non-hydrogen) atoms. The summed E-state index contributed by atoms with van der Waals surface area (Å²) in [7, 11) is 3.31. The quantitative estimate of drug-likeness (QED) is 0.766. The fourth-order valence-electron chi connectivity index (χ4n) is 2.11. The van der Waals surface area contributed by atoms with Crippen LogP contribution in [0.5, 0.6) is 5.88 Å². The predicted molar refractivity (Wildman–Crippen MR) is 69.1 cm³/mol. The predicted octanol–water partition coefficient (Wildman–Crippen LogP) is 1.52. The van der Waals surface area contributed by atoms with Crippen LogP contribution in [0.2, 0.25) is 0 Å². The van der Waals surface area contributed by atoms with Crippen molar-refractivity contribution < 1.29 is 9.53 Å². The highest BCUT2D eigenvalue weighted by Crippen LogP contribution is 2.23. The molecule has 1 aliphatic heterocycles. The third-order valence-corrected chi connectivity index (χ3v) is 3.99. The Morgan fingerprint density at radius 1 is 1.61 bits per heavy atom. The van der Waals surface area contributed by atoms with Gasteiger partial charge in [-0.05, 0) is 12.3 Å². The SMILES string of the molecule is COc1cc(C(=O)N2CCC(C)C(Cl)C2)nn1C. The summed E-state index contributed by atoms with van der Waals surface area (Å²) in [4.78, 5) is 14.0. The van der Waals surface area contributed by atoms with E-state index in [9.17, 15) is 4.79 Å². The molecule has 0 saturated carbocycles. The van der Waals surface area contributed by atoms with E-state index in [-0.39, 0.29) is 11.3 Å². The largest absolute Gasteiger partial charge is 0.481 e. The van der Waals surface area contributed by atoms with Gasteiger partial charge in [0.05, 0.1) is 12.5 Å². The van der Waals surface area contributed by atoms with Crippen LogP contribution in [0.4, 0.5) is 0 Å². The average Bonchev–Trinajstić information content (AvgIpc) is 2.73. The number of hydrogen-bond donors (Lipinski definition) is 0. The van der Waals surface area contributed by atoms with Crippen molar-refractivity contribution in [2.45, 2.75) is 18.7 Å². The lowest BCUT2D eigenvalue weighted by Crippen LogP contribution is -2.43. The molecule has 0 spiro atoms. The van der Waals surface area contributed by atoms with Crippen molar-refractivity contribution in [3.63, 3.8) is 0 Å². The molecule has 1 aromatic heterocycles. The second-order valence-corrected chi connectivity index (χ2v) is 5.29. The molecule has 6 heteroatoms. The van der Waals surface area contributed by atoms with Gasteiger partial charge in [0.1, 0.15) is 0 Å². The van der Waals surface area contributed by atoms with Crippen molar-refractivity contribution in [3.05, 3.63) is 11.8 Å². The number of rotatable bonds is 2. The lowest BCUT2D eigenvalue weighted by Gasteiger charge is -2.33. The number of aromatic nitrogens is 2. The smallest absolute Gasteiger partial charge is 0.274 e. The summed E-state index contributed by atoms with van der Waals surface area (Å²) in [5.41, 5.74) is 0.410. The van der Waals surface area contributed by atoms with E-state index in [0.29, 0.717) is 24.0 Å². The van der Waals surface area contributed by atoms with E-state index in [1.807, 2.05) is 0 Å². The molecule has 2 heterocycles. The van der Waals surface area contributed by atoms with Crippen LogP contribution in [0.3, 0.4) is 0 Å². The highest BCUT2D eigenvalue weighted by molar-refractivity contribution is 6.21. The summed E-state index contributed by atoms with van der Waals surface area (Å²) in [5, 5.41) is 4.18. The Morgan fingerprint density at radius 3 is 2.89 bits per heavy atom. The summed E-state index contributed by atoms with van der Waals surface area (Å²) >= 11 is 6.21. The van der Waals surface area contributed by atoms with E-state index in [1.165, 1.54) is 0 Å². The van der Waals surface area contributed by atoms with Crippen LogP contribution >= 0.6 is 11.6 Å². The van der Waals surface area contributed by atoms with Gasteiger partial charge in [-0.25, -0.2) is 4.68 Å². The lowest BCUT2D eigenvalue weighted by molar-refractivity contribution is 0.0694. The zero-order chi connectivity index (χ0) is 13.3. The van der Waals surface area contributed by atoms with Crippen LogP contribution in [0.15, 0.2) is 6.07 Å². The maximum Gasteiger partial charge on any atom is 0.274 e. The van der Waals surface area contributed by atoms with Gasteiger partial charge < -0.3 is 9.64 Å². The fraction of sp³-hybridized carbons (Fsp3) is 0.667. The zero-order valence-corrected chi connectivity index (χ0v) is 11.6. The van der Waals surface area contributed by atoms with Crippen LogP contribution < -0.4 is 4.74 Å². The summed E-state index contributed by atoms with van der Waals surface area (Å²) < 4.78 is 6.66. The maximum absolute atomic E-state index is 12.3. The topological polar surface area (TPSA) is 47.4 Å². The first kappa shape index (κ1) is 13.2. The van der Waals surface area contributed by atoms with Crippen LogP contribution in [0.25, 0.3) is 0 Å². The first-order valence-electron chi connectivity index (χ1n) is 6.04. The number of carbonyl (C=O) groups is 1. The van der Waals surface area contributed by atoms with Gasteiger partial charge in [-0.2, -0.15) is 5.10 Å². The molecular weight excluding hydrogens is 254 g/mol. The minimum atomic E-state index is -0.0774. The molecule has 0 bridgehead atoms. The molecule has 2 unspecified atom stereocenters. The molecule has 100 valence electrons. The maximum atomic E-state index is 12.3. The van der Waals surface area contributed by atoms with E-state index < -0.39 is 0 Å². The van der Waals surface area contributed by atoms with Crippen LogP contribution in [0, 0.1) is 5.92 Å². The fourth-order valence-corrected chi connectivity index (χ4v) is 2.41. The van der Waals surface area contributed by atoms with Crippen LogP contribution in [-0.2, 0) is 7.05 Å². The van der Waals surface area contributed by atoms with Crippen LogP contribution in [-0.4, -0.2) is 46.2 Å². The van der Waals surface area contributed by atoms with E-state index in [4.69, 9.17) is 16.3 Å². The number of amides is 1. The second kappa shape index (κ2) is 5.18. The van der Waals surface area contributed by atoms with Crippen molar-refractivity contribution in [1.29, 1.82) is 0 Å². The Kier molecular flexibility index (Phi) is 3.80. The average molecular weight is 272 g/mol. The summed E-state index contributed by atoms with van der Waals surface area (Å²) in [6, 6.07) is 1.66. The van der Waals surface area contributed by atoms with Crippen molar-refractivity contribution in [1.82, 2.24) is 14.7 Å². The second-order valence-electron chi connectivity index (χ2n) is 4.73. The van der Waals surface area contributed by atoms with E-state index >= 15 is 0 Å². The molecule has 0 radical (unpaired) electrons. The van der Waals surface area contributed by atoms with Crippen molar-refractivity contribution in [2.75, 3.05) is 20.2 Å². The highest BCUT2D eigenvalue weighted by atomic mass is 35.5. The van der Waals surface area contributed by atoms with Gasteiger partial charge >= 0.3 is 0 Å². The molecule has 1 fully saturated rings. The van der Waals surface area contributed by atoms with Gasteiger partial charge in [-0.1, -0.05) is 6.92 Å². The van der Waals surface area contributed by atoms with Crippen molar-refractivity contribution in [3.8, 4) is 5.88 Å². The summed E-state index contributed by atoms with van der Waals surface area (Å²) in [5.74, 6) is 0.951. The molecular formula is C12H18ClN3O2. The minimum Gasteiger partial charge on any atom is -0.481 e. The number of piperidine rings is 1. The number of aryl methyl sites for hydroxylation is 1. The summed E-state index contributed by atoms with van der Waals surface area (Å²) in [6.07, 6.45) is 0.934. The molecule has 0 aromatic carbocycles. The first-order valence-corrected chi connectivity index (χ1v) is 6.48. The number of carbonyl (C=O) groups excluding carboxylic acids is 1. The van der Waals surface area contributed by atoms with E-state index in [2.05, 4.69) is 12.0 Å². The minimum absolute atomic E-state index is 0.0216. The monoisotopic (exact) mass is 271 g/mol. The molecule has 1 amide bonds. The lowest BCUT2D eigenvalue weighted by atomic mass is 9.98. The number of alkyl halides is 1. The van der Waals surface area contributed by atoms with Gasteiger partial charge in [0.25, 0.3) is 5.91 Å². The van der Waals surface area contributed by atoms with E-state index in [0.717, 1.165) is 13.0 Å². The third-order valence-electron chi connectivity index (χ3n) is 3.42. The Bertz CT molecular complexity index is 447. The molecule has 2 atom stereocenters. The zero-order valence-electron chi connectivity index (χ0n) is 10.9. The number of hydrogen-bond acceptors (Lipinski definition) is 3. The normalized spacial score (nSPS) is 24.1.